The lowest BCUT2D eigenvalue weighted by Gasteiger charge is -2.11. The van der Waals surface area contributed by atoms with E-state index in [1.807, 2.05) is 80.1 Å². The van der Waals surface area contributed by atoms with Crippen molar-refractivity contribution in [3.05, 3.63) is 81.8 Å². The molecule has 1 amide bonds. The Bertz CT molecular complexity index is 1270. The number of aromatic nitrogens is 4. The first-order valence-corrected chi connectivity index (χ1v) is 9.81. The molecule has 30 heavy (non-hydrogen) atoms. The second kappa shape index (κ2) is 7.94. The molecule has 2 aromatic carbocycles. The number of amides is 1. The lowest BCUT2D eigenvalue weighted by Crippen LogP contribution is -2.26. The van der Waals surface area contributed by atoms with Crippen molar-refractivity contribution >= 4 is 17.4 Å². The van der Waals surface area contributed by atoms with E-state index in [1.54, 1.807) is 0 Å². The molecule has 2 heterocycles. The molecule has 0 saturated carbocycles. The highest BCUT2D eigenvalue weighted by Gasteiger charge is 2.17. The third-order valence-electron chi connectivity index (χ3n) is 5.25. The van der Waals surface area contributed by atoms with Gasteiger partial charge in [0.1, 0.15) is 0 Å². The zero-order valence-corrected chi connectivity index (χ0v) is 17.2. The molecule has 0 saturated heterocycles. The Morgan fingerprint density at radius 3 is 2.43 bits per heavy atom. The van der Waals surface area contributed by atoms with Crippen molar-refractivity contribution in [2.45, 2.75) is 26.7 Å². The predicted molar refractivity (Wildman–Crippen MR) is 117 cm³/mol. The Labute approximate surface area is 174 Å². The van der Waals surface area contributed by atoms with Crippen molar-refractivity contribution in [3.63, 3.8) is 0 Å². The number of carbonyl (C=O) groups is 1. The highest BCUT2D eigenvalue weighted by molar-refractivity contribution is 5.90. The van der Waals surface area contributed by atoms with Gasteiger partial charge < -0.3 is 9.88 Å². The monoisotopic (exact) mass is 401 g/mol. The fourth-order valence-corrected chi connectivity index (χ4v) is 3.39. The van der Waals surface area contributed by atoms with Gasteiger partial charge in [0.05, 0.1) is 0 Å². The lowest BCUT2D eigenvalue weighted by atomic mass is 10.1. The number of hydrogen-bond acceptors (Lipinski definition) is 4. The number of fused-ring (bicyclic) bond motifs is 1. The average Bonchev–Trinajstić information content (AvgIpc) is 3.20. The van der Waals surface area contributed by atoms with Crippen LogP contribution in [0.15, 0.2) is 59.4 Å². The second-order valence-corrected chi connectivity index (χ2v) is 7.36. The summed E-state index contributed by atoms with van der Waals surface area (Å²) in [6.45, 7) is 3.86. The summed E-state index contributed by atoms with van der Waals surface area (Å²) >= 11 is 0. The summed E-state index contributed by atoms with van der Waals surface area (Å²) in [7, 11) is 1.85. The van der Waals surface area contributed by atoms with Gasteiger partial charge in [-0.1, -0.05) is 48.0 Å². The number of benzene rings is 2. The maximum Gasteiger partial charge on any atom is 0.279 e. The topological polar surface area (TPSA) is 81.3 Å². The highest BCUT2D eigenvalue weighted by Crippen LogP contribution is 2.17. The fourth-order valence-electron chi connectivity index (χ4n) is 3.39. The van der Waals surface area contributed by atoms with Gasteiger partial charge in [0.25, 0.3) is 5.56 Å². The maximum atomic E-state index is 13.1. The molecule has 7 heteroatoms. The number of nitrogens with zero attached hydrogens (tertiary/aromatic N) is 4. The van der Waals surface area contributed by atoms with E-state index in [1.165, 1.54) is 4.52 Å². The molecule has 0 aliphatic carbocycles. The van der Waals surface area contributed by atoms with Crippen LogP contribution in [0.5, 0.6) is 0 Å². The number of aryl methyl sites for hydroxylation is 2. The summed E-state index contributed by atoms with van der Waals surface area (Å²) < 4.78 is 3.16. The number of rotatable bonds is 5. The van der Waals surface area contributed by atoms with Crippen LogP contribution in [0.25, 0.3) is 17.2 Å². The first-order chi connectivity index (χ1) is 14.4. The van der Waals surface area contributed by atoms with Crippen LogP contribution in [0.1, 0.15) is 23.2 Å². The number of anilines is 1. The Balaban J connectivity index is 1.60. The van der Waals surface area contributed by atoms with Gasteiger partial charge in [0.2, 0.25) is 11.7 Å². The van der Waals surface area contributed by atoms with Crippen molar-refractivity contribution in [3.8, 4) is 11.4 Å². The third kappa shape index (κ3) is 3.74. The van der Waals surface area contributed by atoms with Gasteiger partial charge >= 0.3 is 0 Å². The standard InChI is InChI=1S/C23H23N5O2/c1-15-9-11-18(12-10-15)24-20(29)14-13-19-16(2)27(3)23-25-21(26-28(23)22(19)30)17-7-5-4-6-8-17/h4-12H,13-14H2,1-3H3,(H,24,29). The van der Waals surface area contributed by atoms with E-state index < -0.39 is 0 Å². The molecule has 7 nitrogen and oxygen atoms in total. The van der Waals surface area contributed by atoms with Gasteiger partial charge in [0.15, 0.2) is 5.82 Å². The van der Waals surface area contributed by atoms with Crippen LogP contribution >= 0.6 is 0 Å². The van der Waals surface area contributed by atoms with Gasteiger partial charge in [-0.05, 0) is 32.4 Å². The van der Waals surface area contributed by atoms with Crippen molar-refractivity contribution < 1.29 is 4.79 Å². The van der Waals surface area contributed by atoms with Crippen LogP contribution in [-0.2, 0) is 18.3 Å². The van der Waals surface area contributed by atoms with Gasteiger partial charge in [-0.3, -0.25) is 9.59 Å². The van der Waals surface area contributed by atoms with Crippen LogP contribution in [0, 0.1) is 13.8 Å². The van der Waals surface area contributed by atoms with Gasteiger partial charge in [-0.2, -0.15) is 9.50 Å². The fraction of sp³-hybridized carbons (Fsp3) is 0.217. The first kappa shape index (κ1) is 19.6. The van der Waals surface area contributed by atoms with Crippen LogP contribution in [-0.4, -0.2) is 25.1 Å². The largest absolute Gasteiger partial charge is 0.326 e. The maximum absolute atomic E-state index is 13.1. The van der Waals surface area contributed by atoms with E-state index in [9.17, 15) is 9.59 Å². The molecule has 0 bridgehead atoms. The molecular weight excluding hydrogens is 378 g/mol. The summed E-state index contributed by atoms with van der Waals surface area (Å²) in [6.07, 6.45) is 0.530. The van der Waals surface area contributed by atoms with Crippen LogP contribution in [0.3, 0.4) is 0 Å². The zero-order chi connectivity index (χ0) is 21.3. The van der Waals surface area contributed by atoms with Crippen molar-refractivity contribution in [1.82, 2.24) is 19.2 Å². The van der Waals surface area contributed by atoms with Gasteiger partial charge in [-0.25, -0.2) is 0 Å². The molecule has 2 aromatic heterocycles. The average molecular weight is 401 g/mol. The Hall–Kier alpha value is -3.74. The van der Waals surface area contributed by atoms with Crippen LogP contribution in [0.4, 0.5) is 5.69 Å². The zero-order valence-electron chi connectivity index (χ0n) is 17.2. The van der Waals surface area contributed by atoms with E-state index in [0.717, 1.165) is 22.5 Å². The predicted octanol–water partition coefficient (Wildman–Crippen LogP) is 3.28. The second-order valence-electron chi connectivity index (χ2n) is 7.36. The van der Waals surface area contributed by atoms with Crippen LogP contribution < -0.4 is 10.9 Å². The van der Waals surface area contributed by atoms with Crippen molar-refractivity contribution in [2.24, 2.45) is 7.05 Å². The molecule has 0 unspecified atom stereocenters. The summed E-state index contributed by atoms with van der Waals surface area (Å²) in [6, 6.07) is 17.2. The molecule has 0 spiro atoms. The quantitative estimate of drug-likeness (QED) is 0.556. The Kier molecular flexibility index (Phi) is 5.18. The van der Waals surface area contributed by atoms with Gasteiger partial charge in [-0.15, -0.1) is 5.10 Å². The molecule has 0 fully saturated rings. The third-order valence-corrected chi connectivity index (χ3v) is 5.25. The minimum Gasteiger partial charge on any atom is -0.326 e. The number of hydrogen-bond donors (Lipinski definition) is 1. The molecule has 152 valence electrons. The summed E-state index contributed by atoms with van der Waals surface area (Å²) in [4.78, 5) is 30.0. The Morgan fingerprint density at radius 2 is 1.73 bits per heavy atom. The summed E-state index contributed by atoms with van der Waals surface area (Å²) in [5.41, 5.74) is 3.82. The smallest absolute Gasteiger partial charge is 0.279 e. The molecule has 4 aromatic rings. The molecule has 0 radical (unpaired) electrons. The molecular formula is C23H23N5O2. The van der Waals surface area contributed by atoms with E-state index in [2.05, 4.69) is 15.4 Å². The number of nitrogens with one attached hydrogen (secondary N) is 1. The molecule has 1 N–H and O–H groups in total. The minimum atomic E-state index is -0.238. The van der Waals surface area contributed by atoms with E-state index in [-0.39, 0.29) is 17.9 Å². The van der Waals surface area contributed by atoms with Crippen LogP contribution in [0.2, 0.25) is 0 Å². The molecule has 0 aliphatic heterocycles. The SMILES string of the molecule is Cc1ccc(NC(=O)CCc2c(C)n(C)c3nc(-c4ccccc4)nn3c2=O)cc1. The Morgan fingerprint density at radius 1 is 1.03 bits per heavy atom. The first-order valence-electron chi connectivity index (χ1n) is 9.81. The van der Waals surface area contributed by atoms with Gasteiger partial charge in [0, 0.05) is 36.0 Å². The van der Waals surface area contributed by atoms with Crippen molar-refractivity contribution in [1.29, 1.82) is 0 Å². The lowest BCUT2D eigenvalue weighted by molar-refractivity contribution is -0.116. The highest BCUT2D eigenvalue weighted by atomic mass is 16.1. The van der Waals surface area contributed by atoms with Crippen molar-refractivity contribution in [2.75, 3.05) is 5.32 Å². The summed E-state index contributed by atoms with van der Waals surface area (Å²) in [5, 5.41) is 7.29. The normalized spacial score (nSPS) is 11.0. The van der Waals surface area contributed by atoms with E-state index >= 15 is 0 Å². The minimum absolute atomic E-state index is 0.135. The summed E-state index contributed by atoms with van der Waals surface area (Å²) in [5.74, 6) is 0.838. The van der Waals surface area contributed by atoms with E-state index in [4.69, 9.17) is 0 Å². The number of carbonyl (C=O) groups excluding carboxylic acids is 1. The molecule has 4 rings (SSSR count). The molecule has 0 atom stereocenters. The molecule has 0 aliphatic rings. The van der Waals surface area contributed by atoms with E-state index in [0.29, 0.717) is 23.6 Å².